The zero-order valence-corrected chi connectivity index (χ0v) is 9.93. The van der Waals surface area contributed by atoms with E-state index in [0.717, 1.165) is 28.9 Å². The van der Waals surface area contributed by atoms with Crippen molar-refractivity contribution < 1.29 is 0 Å². The van der Waals surface area contributed by atoms with Gasteiger partial charge in [-0.05, 0) is 24.7 Å². The Labute approximate surface area is 105 Å². The first-order chi connectivity index (χ1) is 8.88. The summed E-state index contributed by atoms with van der Waals surface area (Å²) in [7, 11) is 0. The Morgan fingerprint density at radius 2 is 1.94 bits per heavy atom. The Kier molecular flexibility index (Phi) is 2.78. The third kappa shape index (κ3) is 1.87. The van der Waals surface area contributed by atoms with Gasteiger partial charge in [-0.2, -0.15) is 10.2 Å². The fourth-order valence-electron chi connectivity index (χ4n) is 2.07. The van der Waals surface area contributed by atoms with Crippen LogP contribution in [0.4, 0.5) is 0 Å². The lowest BCUT2D eigenvalue weighted by Crippen LogP contribution is -2.05. The maximum atomic E-state index is 5.49. The summed E-state index contributed by atoms with van der Waals surface area (Å²) < 4.78 is 0. The van der Waals surface area contributed by atoms with E-state index in [2.05, 4.69) is 27.3 Å². The van der Waals surface area contributed by atoms with Crippen LogP contribution in [0.15, 0.2) is 42.6 Å². The molecule has 18 heavy (non-hydrogen) atoms. The van der Waals surface area contributed by atoms with Gasteiger partial charge in [0, 0.05) is 29.1 Å². The van der Waals surface area contributed by atoms with Gasteiger partial charge in [-0.15, -0.1) is 0 Å². The average molecular weight is 238 g/mol. The van der Waals surface area contributed by atoms with Crippen LogP contribution in [0.3, 0.4) is 0 Å². The second kappa shape index (κ2) is 4.58. The maximum absolute atomic E-state index is 5.49. The molecule has 2 aromatic heterocycles. The fourth-order valence-corrected chi connectivity index (χ4v) is 2.07. The van der Waals surface area contributed by atoms with E-state index in [4.69, 9.17) is 5.73 Å². The molecule has 4 nitrogen and oxygen atoms in total. The molecule has 3 rings (SSSR count). The molecule has 0 spiro atoms. The Bertz CT molecular complexity index is 655. The molecule has 3 aromatic rings. The summed E-state index contributed by atoms with van der Waals surface area (Å²) in [5.41, 5.74) is 9.50. The molecule has 0 saturated carbocycles. The van der Waals surface area contributed by atoms with Gasteiger partial charge in [0.15, 0.2) is 0 Å². The number of nitrogens with one attached hydrogen (secondary N) is 1. The van der Waals surface area contributed by atoms with E-state index in [1.54, 1.807) is 0 Å². The second-order valence-electron chi connectivity index (χ2n) is 4.20. The number of fused-ring (bicyclic) bond motifs is 1. The Hall–Kier alpha value is -2.20. The van der Waals surface area contributed by atoms with Crippen molar-refractivity contribution in [3.05, 3.63) is 48.3 Å². The zero-order valence-electron chi connectivity index (χ0n) is 9.93. The number of benzene rings is 1. The summed E-state index contributed by atoms with van der Waals surface area (Å²) >= 11 is 0. The van der Waals surface area contributed by atoms with Gasteiger partial charge in [0.05, 0.1) is 11.4 Å². The molecule has 4 heteroatoms. The van der Waals surface area contributed by atoms with Crippen LogP contribution >= 0.6 is 0 Å². The number of aromatic nitrogens is 3. The summed E-state index contributed by atoms with van der Waals surface area (Å²) in [5, 5.41) is 9.62. The van der Waals surface area contributed by atoms with Crippen molar-refractivity contribution in [3.8, 4) is 11.3 Å². The first kappa shape index (κ1) is 10.9. The highest BCUT2D eigenvalue weighted by Crippen LogP contribution is 2.26. The van der Waals surface area contributed by atoms with Crippen molar-refractivity contribution in [3.63, 3.8) is 0 Å². The molecule has 0 atom stereocenters. The van der Waals surface area contributed by atoms with Crippen LogP contribution in [-0.4, -0.2) is 21.7 Å². The minimum absolute atomic E-state index is 0.598. The van der Waals surface area contributed by atoms with E-state index < -0.39 is 0 Å². The number of hydrogen-bond acceptors (Lipinski definition) is 3. The highest BCUT2D eigenvalue weighted by molar-refractivity contribution is 5.94. The number of nitrogens with zero attached hydrogens (tertiary/aromatic N) is 2. The van der Waals surface area contributed by atoms with E-state index >= 15 is 0 Å². The lowest BCUT2D eigenvalue weighted by Gasteiger charge is -2.00. The molecule has 0 aliphatic rings. The molecule has 0 bridgehead atoms. The van der Waals surface area contributed by atoms with Crippen LogP contribution in [0.5, 0.6) is 0 Å². The zero-order chi connectivity index (χ0) is 12.4. The summed E-state index contributed by atoms with van der Waals surface area (Å²) in [6, 6.07) is 12.1. The molecule has 0 fully saturated rings. The van der Waals surface area contributed by atoms with E-state index in [1.807, 2.05) is 30.5 Å². The minimum atomic E-state index is 0.598. The number of hydrogen-bond donors (Lipinski definition) is 2. The number of H-pyrrole nitrogens is 1. The van der Waals surface area contributed by atoms with Crippen LogP contribution < -0.4 is 5.73 Å². The lowest BCUT2D eigenvalue weighted by atomic mass is 10.1. The second-order valence-corrected chi connectivity index (χ2v) is 4.20. The highest BCUT2D eigenvalue weighted by atomic mass is 15.1. The molecule has 90 valence electrons. The van der Waals surface area contributed by atoms with Crippen LogP contribution in [0.25, 0.3) is 22.2 Å². The van der Waals surface area contributed by atoms with Crippen molar-refractivity contribution in [2.45, 2.75) is 6.42 Å². The van der Waals surface area contributed by atoms with E-state index in [9.17, 15) is 0 Å². The summed E-state index contributed by atoms with van der Waals surface area (Å²) in [4.78, 5) is 3.24. The number of rotatable bonds is 3. The average Bonchev–Trinajstić information content (AvgIpc) is 2.84. The minimum Gasteiger partial charge on any atom is -0.360 e. The summed E-state index contributed by atoms with van der Waals surface area (Å²) in [5.74, 6) is 0. The third-order valence-electron chi connectivity index (χ3n) is 2.99. The molecule has 2 heterocycles. The molecule has 0 amide bonds. The first-order valence-corrected chi connectivity index (χ1v) is 5.97. The molecule has 0 saturated heterocycles. The number of para-hydroxylation sites is 1. The predicted molar refractivity (Wildman–Crippen MR) is 72.1 cm³/mol. The van der Waals surface area contributed by atoms with Gasteiger partial charge in [0.2, 0.25) is 0 Å². The van der Waals surface area contributed by atoms with Gasteiger partial charge in [0.1, 0.15) is 0 Å². The lowest BCUT2D eigenvalue weighted by molar-refractivity contribution is 0.870. The third-order valence-corrected chi connectivity index (χ3v) is 2.99. The van der Waals surface area contributed by atoms with Gasteiger partial charge in [-0.1, -0.05) is 18.2 Å². The normalized spacial score (nSPS) is 10.9. The number of nitrogens with two attached hydrogens (primary N) is 1. The summed E-state index contributed by atoms with van der Waals surface area (Å²) in [6.07, 6.45) is 2.73. The Balaban J connectivity index is 2.03. The van der Waals surface area contributed by atoms with Crippen molar-refractivity contribution in [2.75, 3.05) is 6.54 Å². The van der Waals surface area contributed by atoms with Crippen LogP contribution in [-0.2, 0) is 6.42 Å². The molecule has 1 aromatic carbocycles. The van der Waals surface area contributed by atoms with Crippen molar-refractivity contribution >= 4 is 10.9 Å². The van der Waals surface area contributed by atoms with E-state index in [0.29, 0.717) is 6.54 Å². The molecular formula is C14H14N4. The highest BCUT2D eigenvalue weighted by Gasteiger charge is 2.07. The molecular weight excluding hydrogens is 224 g/mol. The smallest absolute Gasteiger partial charge is 0.0951 e. The van der Waals surface area contributed by atoms with Crippen LogP contribution in [0, 0.1) is 0 Å². The van der Waals surface area contributed by atoms with Gasteiger partial charge < -0.3 is 10.7 Å². The van der Waals surface area contributed by atoms with Crippen molar-refractivity contribution in [1.82, 2.24) is 15.2 Å². The Morgan fingerprint density at radius 1 is 1.06 bits per heavy atom. The monoisotopic (exact) mass is 238 g/mol. The molecule has 0 aliphatic carbocycles. The fraction of sp³-hybridized carbons (Fsp3) is 0.143. The largest absolute Gasteiger partial charge is 0.360 e. The van der Waals surface area contributed by atoms with E-state index in [1.165, 1.54) is 5.39 Å². The van der Waals surface area contributed by atoms with Gasteiger partial charge in [-0.25, -0.2) is 0 Å². The van der Waals surface area contributed by atoms with Crippen molar-refractivity contribution in [2.24, 2.45) is 5.73 Å². The SMILES string of the molecule is NCCc1ccc(-c2c[nH]c3ccccc23)nn1. The maximum Gasteiger partial charge on any atom is 0.0951 e. The van der Waals surface area contributed by atoms with Gasteiger partial charge in [0.25, 0.3) is 0 Å². The first-order valence-electron chi connectivity index (χ1n) is 5.97. The summed E-state index contributed by atoms with van der Waals surface area (Å²) in [6.45, 7) is 0.598. The quantitative estimate of drug-likeness (QED) is 0.734. The van der Waals surface area contributed by atoms with Gasteiger partial charge >= 0.3 is 0 Å². The molecule has 3 N–H and O–H groups in total. The standard InChI is InChI=1S/C14H14N4/c15-8-7-10-5-6-14(18-17-10)12-9-16-13-4-2-1-3-11(12)13/h1-6,9,16H,7-8,15H2. The molecule has 0 radical (unpaired) electrons. The van der Waals surface area contributed by atoms with Gasteiger partial charge in [-0.3, -0.25) is 0 Å². The van der Waals surface area contributed by atoms with Crippen LogP contribution in [0.1, 0.15) is 5.69 Å². The molecule has 0 aliphatic heterocycles. The topological polar surface area (TPSA) is 67.6 Å². The van der Waals surface area contributed by atoms with Crippen molar-refractivity contribution in [1.29, 1.82) is 0 Å². The van der Waals surface area contributed by atoms with E-state index in [-0.39, 0.29) is 0 Å². The Morgan fingerprint density at radius 3 is 2.72 bits per heavy atom. The van der Waals surface area contributed by atoms with Crippen LogP contribution in [0.2, 0.25) is 0 Å². The predicted octanol–water partition coefficient (Wildman–Crippen LogP) is 2.13. The molecule has 0 unspecified atom stereocenters. The number of aromatic amines is 1.